The van der Waals surface area contributed by atoms with Crippen molar-refractivity contribution in [3.8, 4) is 0 Å². The smallest absolute Gasteiger partial charge is 0.251 e. The van der Waals surface area contributed by atoms with E-state index in [1.807, 2.05) is 31.2 Å². The predicted octanol–water partition coefficient (Wildman–Crippen LogP) is -2.11. The molecule has 2 aromatic rings. The maximum Gasteiger partial charge on any atom is 0.251 e. The summed E-state index contributed by atoms with van der Waals surface area (Å²) in [5, 5.41) is 11.2. The van der Waals surface area contributed by atoms with E-state index < -0.39 is 0 Å². The van der Waals surface area contributed by atoms with E-state index in [0.717, 1.165) is 5.56 Å². The molecule has 23 heavy (non-hydrogen) atoms. The molecule has 0 radical (unpaired) electrons. The molecule has 0 aliphatic heterocycles. The number of aromatic nitrogens is 1. The van der Waals surface area contributed by atoms with E-state index in [9.17, 15) is 9.59 Å². The second-order valence-corrected chi connectivity index (χ2v) is 5.03. The number of pyridine rings is 1. The summed E-state index contributed by atoms with van der Waals surface area (Å²) in [5.74, 6) is -0.228. The quantitative estimate of drug-likeness (QED) is 0.446. The second kappa shape index (κ2) is 9.17. The first-order valence-corrected chi connectivity index (χ1v) is 7.08. The minimum atomic E-state index is -0.244. The lowest BCUT2D eigenvalue weighted by Gasteiger charge is -2.02. The molecule has 0 saturated carbocycles. The summed E-state index contributed by atoms with van der Waals surface area (Å²) in [6, 6.07) is 10.7. The average Bonchev–Trinajstić information content (AvgIpc) is 2.54. The second-order valence-electron chi connectivity index (χ2n) is 5.03. The standard InChI is InChI=1S/C17H18N2O3.BrH/c1-13-2-4-14(5-3-13)16(21)12-19-9-6-15(7-10-19)17(22)18-8-11-20;/h2-7,9-10,20H,8,11-12H2,1H3;1H. The number of carbonyl (C=O) groups excluding carboxylic acids is 2. The van der Waals surface area contributed by atoms with Crippen LogP contribution in [0, 0.1) is 6.92 Å². The number of Topliss-reactive ketones (excluding diaryl/α,β-unsaturated/α-hetero) is 1. The zero-order chi connectivity index (χ0) is 15.9. The average molecular weight is 379 g/mol. The Bertz CT molecular complexity index is 655. The van der Waals surface area contributed by atoms with Crippen LogP contribution in [-0.2, 0) is 6.54 Å². The van der Waals surface area contributed by atoms with E-state index in [4.69, 9.17) is 5.11 Å². The van der Waals surface area contributed by atoms with Crippen LogP contribution in [0.3, 0.4) is 0 Å². The van der Waals surface area contributed by atoms with Gasteiger partial charge in [0.15, 0.2) is 12.4 Å². The molecule has 0 spiro atoms. The van der Waals surface area contributed by atoms with Crippen molar-refractivity contribution >= 4 is 11.7 Å². The molecule has 0 bridgehead atoms. The maximum absolute atomic E-state index is 12.2. The third-order valence-electron chi connectivity index (χ3n) is 3.25. The first kappa shape index (κ1) is 19.0. The van der Waals surface area contributed by atoms with Gasteiger partial charge >= 0.3 is 0 Å². The van der Waals surface area contributed by atoms with Crippen molar-refractivity contribution in [3.05, 3.63) is 65.5 Å². The number of amides is 1. The fourth-order valence-corrected chi connectivity index (χ4v) is 1.98. The molecule has 2 rings (SSSR count). The largest absolute Gasteiger partial charge is 1.00 e. The number of nitrogens with one attached hydrogen (secondary N) is 1. The molecule has 0 aliphatic rings. The minimum absolute atomic E-state index is 0. The molecule has 1 heterocycles. The lowest BCUT2D eigenvalue weighted by Crippen LogP contribution is -3.00. The molecule has 0 aliphatic carbocycles. The maximum atomic E-state index is 12.2. The number of rotatable bonds is 6. The molecule has 2 N–H and O–H groups in total. The molecule has 0 saturated heterocycles. The fraction of sp³-hybridized carbons (Fsp3) is 0.235. The van der Waals surface area contributed by atoms with Crippen LogP contribution in [0.4, 0.5) is 0 Å². The Morgan fingerprint density at radius 3 is 2.22 bits per heavy atom. The van der Waals surface area contributed by atoms with Crippen LogP contribution in [0.25, 0.3) is 0 Å². The molecule has 0 atom stereocenters. The molecule has 122 valence electrons. The molecular weight excluding hydrogens is 360 g/mol. The van der Waals surface area contributed by atoms with E-state index >= 15 is 0 Å². The number of hydrogen-bond acceptors (Lipinski definition) is 3. The van der Waals surface area contributed by atoms with Gasteiger partial charge in [0, 0.05) is 24.2 Å². The van der Waals surface area contributed by atoms with Crippen LogP contribution in [0.5, 0.6) is 0 Å². The number of benzene rings is 1. The number of ketones is 1. The molecule has 1 aromatic carbocycles. The molecule has 1 amide bonds. The van der Waals surface area contributed by atoms with Crippen molar-refractivity contribution in [3.63, 3.8) is 0 Å². The highest BCUT2D eigenvalue weighted by molar-refractivity contribution is 5.95. The molecule has 1 aromatic heterocycles. The first-order valence-electron chi connectivity index (χ1n) is 7.08. The van der Waals surface area contributed by atoms with Gasteiger partial charge in [0.1, 0.15) is 0 Å². The highest BCUT2D eigenvalue weighted by Gasteiger charge is 2.13. The van der Waals surface area contributed by atoms with Gasteiger partial charge in [0.25, 0.3) is 5.91 Å². The van der Waals surface area contributed by atoms with Crippen molar-refractivity contribution in [1.82, 2.24) is 5.32 Å². The summed E-state index contributed by atoms with van der Waals surface area (Å²) in [6.07, 6.45) is 3.39. The van der Waals surface area contributed by atoms with Crippen molar-refractivity contribution in [2.75, 3.05) is 13.2 Å². The molecular formula is C17H19BrN2O3. The summed E-state index contributed by atoms with van der Waals surface area (Å²) in [6.45, 7) is 2.33. The van der Waals surface area contributed by atoms with Gasteiger partial charge < -0.3 is 27.4 Å². The molecule has 0 fully saturated rings. The zero-order valence-corrected chi connectivity index (χ0v) is 14.4. The van der Waals surface area contributed by atoms with Gasteiger partial charge in [0.05, 0.1) is 12.2 Å². The van der Waals surface area contributed by atoms with E-state index in [1.165, 1.54) is 0 Å². The Balaban J connectivity index is 0.00000264. The van der Waals surface area contributed by atoms with Gasteiger partial charge in [-0.05, 0) is 6.92 Å². The van der Waals surface area contributed by atoms with Gasteiger partial charge in [0.2, 0.25) is 12.3 Å². The first-order chi connectivity index (χ1) is 10.6. The van der Waals surface area contributed by atoms with Crippen LogP contribution in [0.2, 0.25) is 0 Å². The van der Waals surface area contributed by atoms with E-state index in [1.54, 1.807) is 29.1 Å². The van der Waals surface area contributed by atoms with E-state index in [2.05, 4.69) is 5.32 Å². The van der Waals surface area contributed by atoms with Crippen LogP contribution in [0.15, 0.2) is 48.8 Å². The van der Waals surface area contributed by atoms with Gasteiger partial charge in [-0.15, -0.1) is 0 Å². The normalized spacial score (nSPS) is 9.83. The van der Waals surface area contributed by atoms with Crippen molar-refractivity contribution in [2.24, 2.45) is 0 Å². The van der Waals surface area contributed by atoms with Crippen LogP contribution < -0.4 is 26.9 Å². The molecule has 5 nitrogen and oxygen atoms in total. The number of aliphatic hydroxyl groups excluding tert-OH is 1. The minimum Gasteiger partial charge on any atom is -1.00 e. The lowest BCUT2D eigenvalue weighted by atomic mass is 10.1. The molecule has 6 heteroatoms. The molecule has 0 unspecified atom stereocenters. The van der Waals surface area contributed by atoms with Crippen LogP contribution in [-0.4, -0.2) is 29.9 Å². The van der Waals surface area contributed by atoms with E-state index in [0.29, 0.717) is 11.1 Å². The van der Waals surface area contributed by atoms with Gasteiger partial charge in [-0.25, -0.2) is 0 Å². The van der Waals surface area contributed by atoms with Gasteiger partial charge in [-0.1, -0.05) is 29.8 Å². The Hall–Kier alpha value is -2.05. The predicted molar refractivity (Wildman–Crippen MR) is 81.6 cm³/mol. The monoisotopic (exact) mass is 378 g/mol. The summed E-state index contributed by atoms with van der Waals surface area (Å²) >= 11 is 0. The Morgan fingerprint density at radius 1 is 1.04 bits per heavy atom. The summed E-state index contributed by atoms with van der Waals surface area (Å²) in [4.78, 5) is 23.8. The lowest BCUT2D eigenvalue weighted by molar-refractivity contribution is -0.683. The fourth-order valence-electron chi connectivity index (χ4n) is 1.98. The number of carbonyl (C=O) groups is 2. The summed E-state index contributed by atoms with van der Waals surface area (Å²) in [7, 11) is 0. The van der Waals surface area contributed by atoms with Crippen molar-refractivity contribution in [1.29, 1.82) is 0 Å². The van der Waals surface area contributed by atoms with E-state index in [-0.39, 0.29) is 48.4 Å². The summed E-state index contributed by atoms with van der Waals surface area (Å²) in [5.41, 5.74) is 2.28. The Labute approximate surface area is 145 Å². The number of nitrogens with zero attached hydrogens (tertiary/aromatic N) is 1. The highest BCUT2D eigenvalue weighted by atomic mass is 79.9. The topological polar surface area (TPSA) is 70.3 Å². The SMILES string of the molecule is Cc1ccc(C(=O)C[n+]2ccc(C(=O)NCCO)cc2)cc1.[Br-]. The number of aliphatic hydroxyl groups is 1. The number of hydrogen-bond donors (Lipinski definition) is 2. The highest BCUT2D eigenvalue weighted by Crippen LogP contribution is 2.04. The van der Waals surface area contributed by atoms with Crippen LogP contribution >= 0.6 is 0 Å². The van der Waals surface area contributed by atoms with Gasteiger partial charge in [-0.2, -0.15) is 4.57 Å². The number of halogens is 1. The van der Waals surface area contributed by atoms with Crippen molar-refractivity contribution < 1.29 is 36.2 Å². The third kappa shape index (κ3) is 5.58. The third-order valence-corrected chi connectivity index (χ3v) is 3.25. The van der Waals surface area contributed by atoms with Crippen LogP contribution in [0.1, 0.15) is 26.3 Å². The summed E-state index contributed by atoms with van der Waals surface area (Å²) < 4.78 is 1.73. The zero-order valence-electron chi connectivity index (χ0n) is 12.8. The Kier molecular flexibility index (Phi) is 7.57. The van der Waals surface area contributed by atoms with Crippen molar-refractivity contribution in [2.45, 2.75) is 13.5 Å². The number of aryl methyl sites for hydroxylation is 1. The van der Waals surface area contributed by atoms with Gasteiger partial charge in [-0.3, -0.25) is 9.59 Å². The Morgan fingerprint density at radius 2 is 1.65 bits per heavy atom.